The average Bonchev–Trinajstić information content (AvgIpc) is 3.45. The molecule has 1 aliphatic rings. The van der Waals surface area contributed by atoms with Crippen molar-refractivity contribution in [1.82, 2.24) is 24.8 Å². The Bertz CT molecular complexity index is 1730. The number of benzene rings is 1. The molecule has 1 aliphatic heterocycles. The molecule has 0 radical (unpaired) electrons. The molecule has 0 aliphatic carbocycles. The molecule has 9 heteroatoms. The number of rotatable bonds is 13. The molecular weight excluding hydrogens is 564 g/mol. The monoisotopic (exact) mass is 608 g/mol. The van der Waals surface area contributed by atoms with Crippen molar-refractivity contribution in [2.45, 2.75) is 52.5 Å². The third-order valence-corrected chi connectivity index (χ3v) is 8.64. The van der Waals surface area contributed by atoms with E-state index in [1.165, 1.54) is 6.08 Å². The van der Waals surface area contributed by atoms with E-state index < -0.39 is 0 Å². The summed E-state index contributed by atoms with van der Waals surface area (Å²) in [4.78, 5) is 50.7. The molecule has 4 aromatic rings. The number of piperazine rings is 1. The van der Waals surface area contributed by atoms with Crippen LogP contribution in [0.15, 0.2) is 66.2 Å². The van der Waals surface area contributed by atoms with Crippen LogP contribution in [0.25, 0.3) is 22.0 Å². The minimum Gasteiger partial charge on any atom is -0.354 e. The number of hydrogen-bond acceptors (Lipinski definition) is 6. The molecule has 0 unspecified atom stereocenters. The van der Waals surface area contributed by atoms with Gasteiger partial charge in [0.2, 0.25) is 5.91 Å². The van der Waals surface area contributed by atoms with Crippen molar-refractivity contribution in [3.63, 3.8) is 0 Å². The lowest BCUT2D eigenvalue weighted by atomic mass is 9.94. The molecule has 1 saturated heterocycles. The van der Waals surface area contributed by atoms with Crippen LogP contribution < -0.4 is 15.8 Å². The molecule has 3 aromatic heterocycles. The highest BCUT2D eigenvalue weighted by atomic mass is 16.1. The number of carbonyl (C=O) groups is 2. The molecule has 9 nitrogen and oxygen atoms in total. The molecule has 0 saturated carbocycles. The first-order valence-electron chi connectivity index (χ1n) is 15.9. The van der Waals surface area contributed by atoms with E-state index in [0.717, 1.165) is 84.5 Å². The summed E-state index contributed by atoms with van der Waals surface area (Å²) in [6.45, 7) is 12.6. The number of hydrogen-bond donors (Lipinski definition) is 2. The number of aryl methyl sites for hydroxylation is 3. The van der Waals surface area contributed by atoms with Crippen molar-refractivity contribution in [2.24, 2.45) is 0 Å². The van der Waals surface area contributed by atoms with Gasteiger partial charge in [0.05, 0.1) is 0 Å². The van der Waals surface area contributed by atoms with Crippen LogP contribution in [0.5, 0.6) is 0 Å². The highest BCUT2D eigenvalue weighted by Crippen LogP contribution is 2.31. The van der Waals surface area contributed by atoms with Gasteiger partial charge in [-0.3, -0.25) is 14.4 Å². The van der Waals surface area contributed by atoms with Crippen LogP contribution in [0.3, 0.4) is 0 Å². The third-order valence-electron chi connectivity index (χ3n) is 8.64. The second-order valence-corrected chi connectivity index (χ2v) is 12.0. The van der Waals surface area contributed by atoms with Crippen LogP contribution in [-0.2, 0) is 24.2 Å². The van der Waals surface area contributed by atoms with E-state index >= 15 is 0 Å². The van der Waals surface area contributed by atoms with Gasteiger partial charge >= 0.3 is 0 Å². The molecule has 236 valence electrons. The number of Topliss-reactive ketones (excluding diaryl/α,β-unsaturated/α-hetero) is 1. The van der Waals surface area contributed by atoms with E-state index in [1.807, 2.05) is 37.5 Å². The molecule has 0 atom stereocenters. The number of anilines is 1. The smallest absolute Gasteiger partial charge is 0.251 e. The lowest BCUT2D eigenvalue weighted by Crippen LogP contribution is -2.44. The summed E-state index contributed by atoms with van der Waals surface area (Å²) in [5.41, 5.74) is 5.91. The fourth-order valence-corrected chi connectivity index (χ4v) is 6.13. The first-order chi connectivity index (χ1) is 21.8. The summed E-state index contributed by atoms with van der Waals surface area (Å²) in [5, 5.41) is 3.71. The Kier molecular flexibility index (Phi) is 10.3. The SMILES string of the molecule is C=CC(=O)NCCCn1ccc2c(C(=O)CCc3c(CCC)cc(C)[nH]c3=O)cc(-c3ccc(N4CCN(C)CC4)nc3)cc21. The Morgan fingerprint density at radius 2 is 1.87 bits per heavy atom. The number of pyridine rings is 2. The molecule has 0 bridgehead atoms. The van der Waals surface area contributed by atoms with Crippen molar-refractivity contribution in [3.8, 4) is 11.1 Å². The number of aromatic amines is 1. The van der Waals surface area contributed by atoms with Gasteiger partial charge in [0.15, 0.2) is 5.78 Å². The molecule has 2 N–H and O–H groups in total. The van der Waals surface area contributed by atoms with E-state index in [0.29, 0.717) is 30.6 Å². The van der Waals surface area contributed by atoms with Crippen LogP contribution in [0.1, 0.15) is 53.4 Å². The fourth-order valence-electron chi connectivity index (χ4n) is 6.13. The summed E-state index contributed by atoms with van der Waals surface area (Å²) >= 11 is 0. The zero-order valence-corrected chi connectivity index (χ0v) is 26.7. The first kappa shape index (κ1) is 31.9. The summed E-state index contributed by atoms with van der Waals surface area (Å²) in [5.74, 6) is 0.771. The predicted molar refractivity (Wildman–Crippen MR) is 181 cm³/mol. The Morgan fingerprint density at radius 1 is 1.07 bits per heavy atom. The van der Waals surface area contributed by atoms with Gasteiger partial charge in [-0.25, -0.2) is 4.98 Å². The number of nitrogens with zero attached hydrogens (tertiary/aromatic N) is 4. The van der Waals surface area contributed by atoms with Gasteiger partial charge in [-0.05, 0) is 86.8 Å². The van der Waals surface area contributed by atoms with Crippen LogP contribution in [-0.4, -0.2) is 70.9 Å². The zero-order chi connectivity index (χ0) is 31.9. The fraction of sp³-hybridized carbons (Fsp3) is 0.389. The Hall–Kier alpha value is -4.50. The zero-order valence-electron chi connectivity index (χ0n) is 26.7. The highest BCUT2D eigenvalue weighted by molar-refractivity contribution is 6.09. The Balaban J connectivity index is 1.45. The van der Waals surface area contributed by atoms with Crippen molar-refractivity contribution < 1.29 is 9.59 Å². The van der Waals surface area contributed by atoms with Crippen molar-refractivity contribution in [2.75, 3.05) is 44.7 Å². The second kappa shape index (κ2) is 14.5. The van der Waals surface area contributed by atoms with E-state index in [9.17, 15) is 14.4 Å². The van der Waals surface area contributed by atoms with Gasteiger partial charge in [0.1, 0.15) is 5.82 Å². The predicted octanol–water partition coefficient (Wildman–Crippen LogP) is 4.91. The standard InChI is InChI=1S/C36H44N6O3/c1-5-8-26-21-25(3)39-36(45)29(26)10-11-33(43)31-22-28(27-9-12-34(38-24-27)42-19-17-40(4)18-20-42)23-32-30(31)13-16-41(32)15-7-14-37-35(44)6-2/h6,9,12-13,16,21-24H,2,5,7-8,10-11,14-15,17-20H2,1,3-4H3,(H,37,44)(H,39,45). The molecule has 1 fully saturated rings. The summed E-state index contributed by atoms with van der Waals surface area (Å²) < 4.78 is 2.13. The number of H-pyrrole nitrogens is 1. The molecular formula is C36H44N6O3. The largest absolute Gasteiger partial charge is 0.354 e. The molecule has 0 spiro atoms. The van der Waals surface area contributed by atoms with Gasteiger partial charge in [-0.2, -0.15) is 0 Å². The van der Waals surface area contributed by atoms with Gasteiger partial charge in [0.25, 0.3) is 5.56 Å². The number of amides is 1. The Morgan fingerprint density at radius 3 is 2.58 bits per heavy atom. The van der Waals surface area contributed by atoms with Crippen molar-refractivity contribution in [3.05, 3.63) is 94.2 Å². The normalized spacial score (nSPS) is 13.7. The van der Waals surface area contributed by atoms with Crippen LogP contribution in [0, 0.1) is 6.92 Å². The quantitative estimate of drug-likeness (QED) is 0.127. The molecule has 5 rings (SSSR count). The molecule has 1 aromatic carbocycles. The topological polar surface area (TPSA) is 103 Å². The number of fused-ring (bicyclic) bond motifs is 1. The summed E-state index contributed by atoms with van der Waals surface area (Å²) in [7, 11) is 2.14. The van der Waals surface area contributed by atoms with Crippen LogP contribution >= 0.6 is 0 Å². The lowest BCUT2D eigenvalue weighted by molar-refractivity contribution is -0.116. The summed E-state index contributed by atoms with van der Waals surface area (Å²) in [6, 6.07) is 12.2. The first-order valence-corrected chi connectivity index (χ1v) is 15.9. The Labute approximate surface area is 265 Å². The van der Waals surface area contributed by atoms with Gasteiger partial charge < -0.3 is 24.7 Å². The van der Waals surface area contributed by atoms with E-state index in [1.54, 1.807) is 0 Å². The van der Waals surface area contributed by atoms with Crippen LogP contribution in [0.4, 0.5) is 5.82 Å². The lowest BCUT2D eigenvalue weighted by Gasteiger charge is -2.33. The van der Waals surface area contributed by atoms with Gasteiger partial charge in [-0.15, -0.1) is 0 Å². The maximum Gasteiger partial charge on any atom is 0.251 e. The number of likely N-dealkylation sites (N-methyl/N-ethyl adjacent to an activating group) is 1. The number of aromatic nitrogens is 3. The maximum atomic E-state index is 13.9. The third kappa shape index (κ3) is 7.60. The molecule has 45 heavy (non-hydrogen) atoms. The van der Waals surface area contributed by atoms with Crippen molar-refractivity contribution in [1.29, 1.82) is 0 Å². The number of carbonyl (C=O) groups excluding carboxylic acids is 2. The average molecular weight is 609 g/mol. The molecule has 1 amide bonds. The van der Waals surface area contributed by atoms with Crippen LogP contribution in [0.2, 0.25) is 0 Å². The highest BCUT2D eigenvalue weighted by Gasteiger charge is 2.19. The maximum absolute atomic E-state index is 13.9. The van der Waals surface area contributed by atoms with Crippen molar-refractivity contribution >= 4 is 28.4 Å². The van der Waals surface area contributed by atoms with E-state index in [2.05, 4.69) is 63.4 Å². The van der Waals surface area contributed by atoms with Gasteiger partial charge in [-0.1, -0.05) is 19.9 Å². The minimum atomic E-state index is -0.190. The van der Waals surface area contributed by atoms with E-state index in [4.69, 9.17) is 4.98 Å². The summed E-state index contributed by atoms with van der Waals surface area (Å²) in [6.07, 6.45) is 8.26. The minimum absolute atomic E-state index is 0.00212. The van der Waals surface area contributed by atoms with E-state index in [-0.39, 0.29) is 23.7 Å². The second-order valence-electron chi connectivity index (χ2n) is 12.0. The number of nitrogens with one attached hydrogen (secondary N) is 2. The van der Waals surface area contributed by atoms with Gasteiger partial charge in [0, 0.05) is 91.4 Å². The number of ketones is 1. The molecule has 4 heterocycles.